The Morgan fingerprint density at radius 1 is 1.12 bits per heavy atom. The van der Waals surface area contributed by atoms with Gasteiger partial charge in [0.05, 0.1) is 12.3 Å². The van der Waals surface area contributed by atoms with Gasteiger partial charge in [-0.25, -0.2) is 4.98 Å². The molecular formula is C21H18N2O3. The molecule has 3 aromatic rings. The van der Waals surface area contributed by atoms with Gasteiger partial charge in [-0.2, -0.15) is 0 Å². The van der Waals surface area contributed by atoms with E-state index in [1.54, 1.807) is 0 Å². The van der Waals surface area contributed by atoms with Crippen molar-refractivity contribution in [2.75, 3.05) is 6.61 Å². The fourth-order valence-corrected chi connectivity index (χ4v) is 2.96. The van der Waals surface area contributed by atoms with E-state index in [4.69, 9.17) is 9.15 Å². The maximum atomic E-state index is 10.2. The van der Waals surface area contributed by atoms with Crippen molar-refractivity contribution >= 4 is 23.0 Å². The molecule has 1 aliphatic rings. The van der Waals surface area contributed by atoms with Crippen LogP contribution in [0.4, 0.5) is 5.69 Å². The zero-order valence-corrected chi connectivity index (χ0v) is 14.6. The molecule has 0 radical (unpaired) electrons. The molecule has 0 saturated heterocycles. The largest absolute Gasteiger partial charge is 0.494 e. The predicted molar refractivity (Wildman–Crippen MR) is 102 cm³/mol. The van der Waals surface area contributed by atoms with Crippen molar-refractivity contribution in [1.82, 2.24) is 4.98 Å². The lowest BCUT2D eigenvalue weighted by Crippen LogP contribution is -1.91. The molecule has 0 spiro atoms. The molecule has 4 rings (SSSR count). The second-order valence-electron chi connectivity index (χ2n) is 5.94. The Morgan fingerprint density at radius 3 is 2.65 bits per heavy atom. The molecule has 0 fully saturated rings. The summed E-state index contributed by atoms with van der Waals surface area (Å²) in [5, 5.41) is 10.2. The summed E-state index contributed by atoms with van der Waals surface area (Å²) >= 11 is 0. The lowest BCUT2D eigenvalue weighted by atomic mass is 10.0. The average Bonchev–Trinajstić information content (AvgIpc) is 3.17. The number of ether oxygens (including phenoxy) is 1. The highest BCUT2D eigenvalue weighted by molar-refractivity contribution is 6.31. The Labute approximate surface area is 151 Å². The third kappa shape index (κ3) is 2.88. The van der Waals surface area contributed by atoms with Gasteiger partial charge in [-0.1, -0.05) is 18.2 Å². The van der Waals surface area contributed by atoms with Crippen LogP contribution >= 0.6 is 0 Å². The van der Waals surface area contributed by atoms with E-state index in [1.807, 2.05) is 68.5 Å². The lowest BCUT2D eigenvalue weighted by molar-refractivity contribution is 0.336. The monoisotopic (exact) mass is 346 g/mol. The number of benzene rings is 2. The summed E-state index contributed by atoms with van der Waals surface area (Å²) in [5.74, 6) is 0.931. The van der Waals surface area contributed by atoms with Gasteiger partial charge in [0.2, 0.25) is 5.89 Å². The van der Waals surface area contributed by atoms with E-state index in [0.717, 1.165) is 33.8 Å². The summed E-state index contributed by atoms with van der Waals surface area (Å²) in [6, 6.07) is 15.3. The summed E-state index contributed by atoms with van der Waals surface area (Å²) in [5.41, 5.74) is 4.92. The molecule has 130 valence electrons. The highest BCUT2D eigenvalue weighted by atomic mass is 16.5. The third-order valence-electron chi connectivity index (χ3n) is 4.20. The Bertz CT molecular complexity index is 1010. The molecular weight excluding hydrogens is 328 g/mol. The van der Waals surface area contributed by atoms with Crippen molar-refractivity contribution in [3.63, 3.8) is 0 Å². The Balaban J connectivity index is 1.68. The Hall–Kier alpha value is -3.34. The lowest BCUT2D eigenvalue weighted by Gasteiger charge is -2.02. The summed E-state index contributed by atoms with van der Waals surface area (Å²) in [6.45, 7) is 4.49. The minimum Gasteiger partial charge on any atom is -0.494 e. The van der Waals surface area contributed by atoms with Gasteiger partial charge in [-0.05, 0) is 50.3 Å². The van der Waals surface area contributed by atoms with Crippen molar-refractivity contribution in [3.8, 4) is 23.1 Å². The zero-order chi connectivity index (χ0) is 18.1. The van der Waals surface area contributed by atoms with E-state index in [1.165, 1.54) is 0 Å². The first-order chi connectivity index (χ1) is 12.7. The van der Waals surface area contributed by atoms with Crippen LogP contribution in [0.5, 0.6) is 11.7 Å². The zero-order valence-electron chi connectivity index (χ0n) is 14.6. The van der Waals surface area contributed by atoms with Crippen LogP contribution in [0.3, 0.4) is 0 Å². The highest BCUT2D eigenvalue weighted by Crippen LogP contribution is 2.37. The Kier molecular flexibility index (Phi) is 4.05. The molecule has 1 aliphatic heterocycles. The third-order valence-corrected chi connectivity index (χ3v) is 4.20. The molecule has 0 saturated carbocycles. The first-order valence-electron chi connectivity index (χ1n) is 8.45. The summed E-state index contributed by atoms with van der Waals surface area (Å²) in [7, 11) is 0. The van der Waals surface area contributed by atoms with E-state index in [9.17, 15) is 5.11 Å². The number of nitrogens with zero attached hydrogens (tertiary/aromatic N) is 2. The van der Waals surface area contributed by atoms with Gasteiger partial charge in [-0.15, -0.1) is 0 Å². The predicted octanol–water partition coefficient (Wildman–Crippen LogP) is 5.09. The smallest absolute Gasteiger partial charge is 0.310 e. The SMILES string of the molecule is CCOc1ccc(-c2nc(/C=C3/C(C)=Nc4ccccc43)c(O)o2)cc1. The van der Waals surface area contributed by atoms with Crippen LogP contribution in [0.2, 0.25) is 0 Å². The maximum absolute atomic E-state index is 10.2. The molecule has 2 heterocycles. The summed E-state index contributed by atoms with van der Waals surface area (Å²) in [4.78, 5) is 8.98. The minimum absolute atomic E-state index is 0.210. The second-order valence-corrected chi connectivity index (χ2v) is 5.94. The quantitative estimate of drug-likeness (QED) is 0.714. The van der Waals surface area contributed by atoms with Crippen LogP contribution in [0.25, 0.3) is 23.1 Å². The van der Waals surface area contributed by atoms with E-state index >= 15 is 0 Å². The van der Waals surface area contributed by atoms with Crippen LogP contribution < -0.4 is 4.74 Å². The standard InChI is InChI=1S/C21H18N2O3/c1-3-25-15-10-8-14(9-11-15)20-23-19(21(24)26-20)12-17-13(2)22-18-7-5-4-6-16(17)18/h4-12,24H,3H2,1-2H3/b17-12-. The van der Waals surface area contributed by atoms with E-state index in [0.29, 0.717) is 18.2 Å². The number of aromatic hydroxyl groups is 1. The fourth-order valence-electron chi connectivity index (χ4n) is 2.96. The minimum atomic E-state index is -0.210. The molecule has 0 amide bonds. The van der Waals surface area contributed by atoms with Crippen LogP contribution in [0.1, 0.15) is 25.1 Å². The van der Waals surface area contributed by atoms with Gasteiger partial charge in [-0.3, -0.25) is 4.99 Å². The molecule has 0 atom stereocenters. The van der Waals surface area contributed by atoms with Gasteiger partial charge in [0.25, 0.3) is 0 Å². The van der Waals surface area contributed by atoms with E-state index in [2.05, 4.69) is 9.98 Å². The number of oxazole rings is 1. The number of aliphatic imine (C=N–C) groups is 1. The van der Waals surface area contributed by atoms with Crippen LogP contribution in [-0.2, 0) is 0 Å². The molecule has 0 aliphatic carbocycles. The molecule has 5 heteroatoms. The molecule has 5 nitrogen and oxygen atoms in total. The number of hydrogen-bond acceptors (Lipinski definition) is 5. The first kappa shape index (κ1) is 16.1. The normalized spacial score (nSPS) is 14.4. The van der Waals surface area contributed by atoms with Crippen molar-refractivity contribution in [2.24, 2.45) is 4.99 Å². The fraction of sp³-hybridized carbons (Fsp3) is 0.143. The molecule has 1 N–H and O–H groups in total. The van der Waals surface area contributed by atoms with Crippen molar-refractivity contribution in [1.29, 1.82) is 0 Å². The van der Waals surface area contributed by atoms with Gasteiger partial charge in [0, 0.05) is 22.4 Å². The molecule has 0 bridgehead atoms. The van der Waals surface area contributed by atoms with Crippen LogP contribution in [-0.4, -0.2) is 22.4 Å². The first-order valence-corrected chi connectivity index (χ1v) is 8.45. The second kappa shape index (κ2) is 6.52. The van der Waals surface area contributed by atoms with Crippen LogP contribution in [0.15, 0.2) is 57.9 Å². The number of fused-ring (bicyclic) bond motifs is 1. The number of hydrogen-bond donors (Lipinski definition) is 1. The van der Waals surface area contributed by atoms with Gasteiger partial charge < -0.3 is 14.3 Å². The van der Waals surface area contributed by atoms with Crippen LogP contribution in [0, 0.1) is 0 Å². The molecule has 1 aromatic heterocycles. The number of allylic oxidation sites excluding steroid dienone is 1. The van der Waals surface area contributed by atoms with Crippen molar-refractivity contribution in [3.05, 3.63) is 59.8 Å². The summed E-state index contributed by atoms with van der Waals surface area (Å²) in [6.07, 6.45) is 1.81. The van der Waals surface area contributed by atoms with Gasteiger partial charge in [0.15, 0.2) is 0 Å². The molecule has 0 unspecified atom stereocenters. The molecule has 2 aromatic carbocycles. The number of rotatable bonds is 4. The van der Waals surface area contributed by atoms with Gasteiger partial charge in [0.1, 0.15) is 11.4 Å². The van der Waals surface area contributed by atoms with E-state index < -0.39 is 0 Å². The van der Waals surface area contributed by atoms with Crippen molar-refractivity contribution in [2.45, 2.75) is 13.8 Å². The molecule has 26 heavy (non-hydrogen) atoms. The topological polar surface area (TPSA) is 67.9 Å². The Morgan fingerprint density at radius 2 is 1.88 bits per heavy atom. The van der Waals surface area contributed by atoms with Crippen molar-refractivity contribution < 1.29 is 14.3 Å². The highest BCUT2D eigenvalue weighted by Gasteiger charge is 2.20. The maximum Gasteiger partial charge on any atom is 0.310 e. The number of para-hydroxylation sites is 1. The summed E-state index contributed by atoms with van der Waals surface area (Å²) < 4.78 is 10.9. The van der Waals surface area contributed by atoms with E-state index in [-0.39, 0.29) is 5.95 Å². The van der Waals surface area contributed by atoms with Gasteiger partial charge >= 0.3 is 5.95 Å². The average molecular weight is 346 g/mol. The number of aromatic nitrogens is 1.